The van der Waals surface area contributed by atoms with Crippen molar-refractivity contribution in [1.29, 1.82) is 0 Å². The summed E-state index contributed by atoms with van der Waals surface area (Å²) in [4.78, 5) is 31.9. The van der Waals surface area contributed by atoms with Gasteiger partial charge in [0.1, 0.15) is 0 Å². The van der Waals surface area contributed by atoms with Gasteiger partial charge in [0, 0.05) is 78.5 Å². The Labute approximate surface area is 197 Å². The van der Waals surface area contributed by atoms with Crippen molar-refractivity contribution >= 4 is 15.2 Å². The van der Waals surface area contributed by atoms with Crippen molar-refractivity contribution in [2.24, 2.45) is 68.8 Å². The maximum Gasteiger partial charge on any atom is 0.337 e. The van der Waals surface area contributed by atoms with Gasteiger partial charge in [-0.3, -0.25) is 9.13 Å². The van der Waals surface area contributed by atoms with Gasteiger partial charge in [-0.05, 0) is 0 Å². The summed E-state index contributed by atoms with van der Waals surface area (Å²) in [5, 5.41) is 0. The fourth-order valence-corrected chi connectivity index (χ4v) is 2.16. The SMILES string of the molecule is NCCN.NCCN.NCCN.NCCN.NCCN.NCCN.O=P(O)(O)CP(=O)(O)O. The van der Waals surface area contributed by atoms with Crippen LogP contribution in [0.25, 0.3) is 0 Å². The first kappa shape index (κ1) is 49.8. The Bertz CT molecular complexity index is 304. The maximum absolute atomic E-state index is 9.85. The molecule has 0 aromatic heterocycles. The minimum absolute atomic E-state index is 0.597. The average Bonchev–Trinajstić information content (AvgIpc) is 2.77. The third kappa shape index (κ3) is 203. The summed E-state index contributed by atoms with van der Waals surface area (Å²) < 4.78 is 19.7. The fraction of sp³-hybridized carbons (Fsp3) is 1.00. The molecule has 20 heteroatoms. The monoisotopic (exact) mass is 536 g/mol. The van der Waals surface area contributed by atoms with Crippen LogP contribution in [-0.4, -0.2) is 104 Å². The molecule has 0 aliphatic heterocycles. The zero-order valence-electron chi connectivity index (χ0n) is 19.6. The number of hydrogen-bond acceptors (Lipinski definition) is 14. The molecular weight excluding hydrogens is 482 g/mol. The van der Waals surface area contributed by atoms with Gasteiger partial charge in [-0.15, -0.1) is 0 Å². The van der Waals surface area contributed by atoms with E-state index in [2.05, 4.69) is 0 Å². The van der Waals surface area contributed by atoms with Crippen LogP contribution < -0.4 is 68.8 Å². The summed E-state index contributed by atoms with van der Waals surface area (Å²) in [5.74, 6) is -1.38. The summed E-state index contributed by atoms with van der Waals surface area (Å²) in [7, 11) is -9.10. The zero-order valence-corrected chi connectivity index (χ0v) is 21.4. The molecule has 0 fully saturated rings. The molecule has 28 N–H and O–H groups in total. The first-order chi connectivity index (χ1) is 15.2. The van der Waals surface area contributed by atoms with E-state index in [1.54, 1.807) is 0 Å². The van der Waals surface area contributed by atoms with Crippen LogP contribution in [0.15, 0.2) is 0 Å². The van der Waals surface area contributed by atoms with Crippen LogP contribution in [0, 0.1) is 0 Å². The molecule has 0 aliphatic carbocycles. The topological polar surface area (TPSA) is 427 Å². The summed E-state index contributed by atoms with van der Waals surface area (Å²) >= 11 is 0. The van der Waals surface area contributed by atoms with Crippen molar-refractivity contribution in [2.45, 2.75) is 0 Å². The van der Waals surface area contributed by atoms with Crippen LogP contribution in [0.1, 0.15) is 0 Å². The molecule has 0 spiro atoms. The highest BCUT2D eigenvalue weighted by molar-refractivity contribution is 7.69. The predicted octanol–water partition coefficient (Wildman–Crippen LogP) is -7.28. The van der Waals surface area contributed by atoms with Crippen molar-refractivity contribution in [3.63, 3.8) is 0 Å². The van der Waals surface area contributed by atoms with Crippen LogP contribution in [0.4, 0.5) is 0 Å². The minimum atomic E-state index is -4.55. The van der Waals surface area contributed by atoms with Crippen LogP contribution in [-0.2, 0) is 9.13 Å². The Morgan fingerprint density at radius 1 is 0.333 bits per heavy atom. The molecule has 0 atom stereocenters. The van der Waals surface area contributed by atoms with Gasteiger partial charge >= 0.3 is 15.2 Å². The summed E-state index contributed by atoms with van der Waals surface area (Å²) in [6, 6.07) is 0. The molecule has 0 unspecified atom stereocenters. The van der Waals surface area contributed by atoms with E-state index in [9.17, 15) is 9.13 Å². The molecule has 212 valence electrons. The molecular formula is C13H54N12O6P2. The first-order valence-electron chi connectivity index (χ1n) is 9.70. The quantitative estimate of drug-likeness (QED) is 0.128. The lowest BCUT2D eigenvalue weighted by Crippen LogP contribution is -2.11. The molecule has 0 aliphatic rings. The molecule has 0 aromatic rings. The van der Waals surface area contributed by atoms with Crippen LogP contribution in [0.3, 0.4) is 0 Å². The van der Waals surface area contributed by atoms with Crippen LogP contribution in [0.5, 0.6) is 0 Å². The van der Waals surface area contributed by atoms with Gasteiger partial charge in [-0.1, -0.05) is 0 Å². The molecule has 18 nitrogen and oxygen atoms in total. The van der Waals surface area contributed by atoms with E-state index in [0.717, 1.165) is 0 Å². The third-order valence-corrected chi connectivity index (χ3v) is 4.32. The number of hydrogen-bond donors (Lipinski definition) is 16. The van der Waals surface area contributed by atoms with Gasteiger partial charge in [0.15, 0.2) is 5.90 Å². The normalized spacial score (nSPS) is 9.21. The van der Waals surface area contributed by atoms with Crippen LogP contribution in [0.2, 0.25) is 0 Å². The highest BCUT2D eigenvalue weighted by Gasteiger charge is 2.26. The molecule has 0 radical (unpaired) electrons. The maximum atomic E-state index is 9.85. The van der Waals surface area contributed by atoms with Gasteiger partial charge in [-0.25, -0.2) is 0 Å². The number of rotatable bonds is 8. The summed E-state index contributed by atoms with van der Waals surface area (Å²) in [5.41, 5.74) is 58.8. The predicted molar refractivity (Wildman–Crippen MR) is 138 cm³/mol. The molecule has 0 amide bonds. The highest BCUT2D eigenvalue weighted by atomic mass is 31.2. The lowest BCUT2D eigenvalue weighted by atomic mass is 10.7. The summed E-state index contributed by atoms with van der Waals surface area (Å²) in [6.07, 6.45) is 0. The smallest absolute Gasteiger partial charge is 0.329 e. The Morgan fingerprint density at radius 2 is 0.424 bits per heavy atom. The molecule has 0 heterocycles. The lowest BCUT2D eigenvalue weighted by molar-refractivity contribution is 0.357. The van der Waals surface area contributed by atoms with Gasteiger partial charge in [-0.2, -0.15) is 0 Å². The Morgan fingerprint density at radius 3 is 0.424 bits per heavy atom. The Kier molecular flexibility index (Phi) is 74.1. The van der Waals surface area contributed by atoms with Gasteiger partial charge in [0.25, 0.3) is 0 Å². The van der Waals surface area contributed by atoms with E-state index < -0.39 is 21.1 Å². The van der Waals surface area contributed by atoms with Crippen molar-refractivity contribution in [1.82, 2.24) is 0 Å². The average molecular weight is 537 g/mol. The van der Waals surface area contributed by atoms with Gasteiger partial charge < -0.3 is 88.4 Å². The zero-order chi connectivity index (χ0) is 28.2. The molecule has 0 aromatic carbocycles. The fourth-order valence-electron chi connectivity index (χ4n) is 0.240. The second-order valence-corrected chi connectivity index (χ2v) is 8.72. The second kappa shape index (κ2) is 49.1. The van der Waals surface area contributed by atoms with E-state index in [4.69, 9.17) is 88.4 Å². The first-order valence-corrected chi connectivity index (χ1v) is 13.3. The standard InChI is InChI=1S/6C2H8N2.CH6O6P2/c6*3-1-2-4;2-8(3,4)1-9(5,6)7/h6*1-4H2;1H2,(H2,2,3,4)(H2,5,6,7). The Balaban J connectivity index is -0.0000000496. The molecule has 0 saturated carbocycles. The largest absolute Gasteiger partial charge is 0.337 e. The van der Waals surface area contributed by atoms with E-state index in [-0.39, 0.29) is 0 Å². The van der Waals surface area contributed by atoms with Crippen molar-refractivity contribution in [3.8, 4) is 0 Å². The minimum Gasteiger partial charge on any atom is -0.329 e. The van der Waals surface area contributed by atoms with E-state index in [0.29, 0.717) is 78.5 Å². The molecule has 33 heavy (non-hydrogen) atoms. The Hall–Kier alpha value is -0.180. The van der Waals surface area contributed by atoms with E-state index >= 15 is 0 Å². The third-order valence-electron chi connectivity index (χ3n) is 1.37. The summed E-state index contributed by atoms with van der Waals surface area (Å²) in [6.45, 7) is 7.17. The number of nitrogens with two attached hydrogens (primary N) is 12. The van der Waals surface area contributed by atoms with Crippen molar-refractivity contribution in [3.05, 3.63) is 0 Å². The van der Waals surface area contributed by atoms with Crippen molar-refractivity contribution < 1.29 is 28.7 Å². The molecule has 0 bridgehead atoms. The lowest BCUT2D eigenvalue weighted by Gasteiger charge is -2.03. The second-order valence-electron chi connectivity index (χ2n) is 4.93. The van der Waals surface area contributed by atoms with Gasteiger partial charge in [0.2, 0.25) is 0 Å². The highest BCUT2D eigenvalue weighted by Crippen LogP contribution is 2.51. The molecule has 0 saturated heterocycles. The van der Waals surface area contributed by atoms with Crippen molar-refractivity contribution in [2.75, 3.05) is 84.4 Å². The van der Waals surface area contributed by atoms with E-state index in [1.165, 1.54) is 0 Å². The molecule has 0 rings (SSSR count). The van der Waals surface area contributed by atoms with Crippen LogP contribution >= 0.6 is 15.2 Å². The van der Waals surface area contributed by atoms with E-state index in [1.807, 2.05) is 0 Å². The van der Waals surface area contributed by atoms with Gasteiger partial charge in [0.05, 0.1) is 0 Å².